The molecule has 1 aromatic heterocycles. The van der Waals surface area contributed by atoms with Crippen LogP contribution in [0.5, 0.6) is 11.5 Å². The Kier molecular flexibility index (Phi) is 5.96. The third kappa shape index (κ3) is 4.54. The van der Waals surface area contributed by atoms with E-state index in [0.717, 1.165) is 5.56 Å². The van der Waals surface area contributed by atoms with Crippen molar-refractivity contribution in [2.24, 2.45) is 0 Å². The Morgan fingerprint density at radius 3 is 2.73 bits per heavy atom. The molecule has 3 aromatic rings. The standard InChI is InChI=1S/C21H17Cl2N5O4S/c22-13-5-4-12(9-14(13)23)24-21(30)28-7-1-2-15(28)18(29)25-20-27-26-19(33-20)11-3-6-16-17(8-11)32-10-31-16/h3-6,8-9,15H,1-2,7,10H2,(H,24,30)(H,25,27,29). The first-order chi connectivity index (χ1) is 16.0. The molecule has 5 rings (SSSR count). The van der Waals surface area contributed by atoms with E-state index in [4.69, 9.17) is 32.7 Å². The molecule has 1 fully saturated rings. The molecule has 2 aliphatic rings. The molecule has 0 bridgehead atoms. The number of nitrogens with one attached hydrogen (secondary N) is 2. The Bertz CT molecular complexity index is 1240. The molecule has 1 atom stereocenters. The van der Waals surface area contributed by atoms with Gasteiger partial charge in [0.25, 0.3) is 0 Å². The van der Waals surface area contributed by atoms with Crippen LogP contribution in [0.1, 0.15) is 12.8 Å². The van der Waals surface area contributed by atoms with Crippen LogP contribution in [0.25, 0.3) is 10.6 Å². The van der Waals surface area contributed by atoms with Crippen LogP contribution in [0.3, 0.4) is 0 Å². The molecule has 12 heteroatoms. The largest absolute Gasteiger partial charge is 0.454 e. The van der Waals surface area contributed by atoms with Crippen molar-refractivity contribution < 1.29 is 19.1 Å². The first-order valence-electron chi connectivity index (χ1n) is 10.0. The van der Waals surface area contributed by atoms with Crippen LogP contribution in [0, 0.1) is 0 Å². The van der Waals surface area contributed by atoms with Gasteiger partial charge >= 0.3 is 6.03 Å². The van der Waals surface area contributed by atoms with E-state index in [0.29, 0.717) is 56.8 Å². The lowest BCUT2D eigenvalue weighted by atomic mass is 10.2. The number of carbonyl (C=O) groups is 2. The summed E-state index contributed by atoms with van der Waals surface area (Å²) in [6.45, 7) is 0.649. The number of carbonyl (C=O) groups excluding carboxylic acids is 2. The van der Waals surface area contributed by atoms with Crippen molar-refractivity contribution in [3.63, 3.8) is 0 Å². The van der Waals surface area contributed by atoms with Crippen LogP contribution in [0.2, 0.25) is 10.0 Å². The zero-order valence-corrected chi connectivity index (χ0v) is 19.3. The number of benzene rings is 2. The van der Waals surface area contributed by atoms with Crippen molar-refractivity contribution in [1.29, 1.82) is 0 Å². The van der Waals surface area contributed by atoms with Crippen molar-refractivity contribution >= 4 is 57.3 Å². The minimum absolute atomic E-state index is 0.187. The van der Waals surface area contributed by atoms with Crippen LogP contribution in [-0.2, 0) is 4.79 Å². The minimum atomic E-state index is -0.620. The van der Waals surface area contributed by atoms with Crippen LogP contribution in [0.15, 0.2) is 36.4 Å². The van der Waals surface area contributed by atoms with Crippen LogP contribution < -0.4 is 20.1 Å². The fourth-order valence-corrected chi connectivity index (χ4v) is 4.70. The third-order valence-electron chi connectivity index (χ3n) is 5.26. The number of nitrogens with zero attached hydrogens (tertiary/aromatic N) is 3. The molecular formula is C21H17Cl2N5O4S. The number of fused-ring (bicyclic) bond motifs is 1. The number of hydrogen-bond acceptors (Lipinski definition) is 7. The summed E-state index contributed by atoms with van der Waals surface area (Å²) in [5.41, 5.74) is 1.30. The first kappa shape index (κ1) is 21.7. The van der Waals surface area contributed by atoms with Crippen molar-refractivity contribution in [3.8, 4) is 22.1 Å². The van der Waals surface area contributed by atoms with E-state index in [9.17, 15) is 9.59 Å². The second-order valence-electron chi connectivity index (χ2n) is 7.38. The molecule has 170 valence electrons. The van der Waals surface area contributed by atoms with E-state index < -0.39 is 6.04 Å². The summed E-state index contributed by atoms with van der Waals surface area (Å²) in [5.74, 6) is 1.00. The summed E-state index contributed by atoms with van der Waals surface area (Å²) in [4.78, 5) is 27.2. The quantitative estimate of drug-likeness (QED) is 0.523. The minimum Gasteiger partial charge on any atom is -0.454 e. The molecule has 0 saturated carbocycles. The van der Waals surface area contributed by atoms with E-state index in [1.54, 1.807) is 24.3 Å². The van der Waals surface area contributed by atoms with Gasteiger partial charge in [-0.25, -0.2) is 4.79 Å². The summed E-state index contributed by atoms with van der Waals surface area (Å²) < 4.78 is 10.7. The summed E-state index contributed by atoms with van der Waals surface area (Å²) in [7, 11) is 0. The number of amides is 3. The molecular weight excluding hydrogens is 489 g/mol. The molecule has 0 spiro atoms. The summed E-state index contributed by atoms with van der Waals surface area (Å²) in [6, 6.07) is 9.28. The topological polar surface area (TPSA) is 106 Å². The molecule has 2 N–H and O–H groups in total. The lowest BCUT2D eigenvalue weighted by Crippen LogP contribution is -2.45. The number of urea groups is 1. The van der Waals surface area contributed by atoms with Gasteiger partial charge in [-0.3, -0.25) is 10.1 Å². The fraction of sp³-hybridized carbons (Fsp3) is 0.238. The molecule has 3 amide bonds. The Hall–Kier alpha value is -3.08. The van der Waals surface area contributed by atoms with Gasteiger partial charge in [0, 0.05) is 17.8 Å². The Morgan fingerprint density at radius 2 is 1.88 bits per heavy atom. The second-order valence-corrected chi connectivity index (χ2v) is 9.17. The Morgan fingerprint density at radius 1 is 1.03 bits per heavy atom. The van der Waals surface area contributed by atoms with Crippen LogP contribution in [-0.4, -0.2) is 46.4 Å². The normalized spacial score (nSPS) is 16.7. The molecule has 0 radical (unpaired) electrons. The average Bonchev–Trinajstić information content (AvgIpc) is 3.56. The highest BCUT2D eigenvalue weighted by Crippen LogP contribution is 2.37. The number of aromatic nitrogens is 2. The molecule has 3 heterocycles. The van der Waals surface area contributed by atoms with Crippen LogP contribution in [0.4, 0.5) is 15.6 Å². The Labute approximate surface area is 202 Å². The maximum Gasteiger partial charge on any atom is 0.322 e. The lowest BCUT2D eigenvalue weighted by Gasteiger charge is -2.23. The summed E-state index contributed by atoms with van der Waals surface area (Å²) >= 11 is 13.2. The highest BCUT2D eigenvalue weighted by molar-refractivity contribution is 7.18. The maximum absolute atomic E-state index is 12.9. The summed E-state index contributed by atoms with van der Waals surface area (Å²) in [5, 5.41) is 15.5. The highest BCUT2D eigenvalue weighted by Gasteiger charge is 2.34. The van der Waals surface area contributed by atoms with Gasteiger partial charge in [-0.15, -0.1) is 10.2 Å². The smallest absolute Gasteiger partial charge is 0.322 e. The van der Waals surface area contributed by atoms with Crippen LogP contribution >= 0.6 is 34.5 Å². The van der Waals surface area contributed by atoms with Gasteiger partial charge in [0.1, 0.15) is 11.0 Å². The van der Waals surface area contributed by atoms with Gasteiger partial charge in [-0.2, -0.15) is 0 Å². The number of rotatable bonds is 4. The zero-order chi connectivity index (χ0) is 22.9. The van der Waals surface area contributed by atoms with Crippen molar-refractivity contribution in [1.82, 2.24) is 15.1 Å². The number of anilines is 2. The molecule has 1 unspecified atom stereocenters. The van der Waals surface area contributed by atoms with E-state index in [1.807, 2.05) is 12.1 Å². The number of likely N-dealkylation sites (tertiary alicyclic amines) is 1. The lowest BCUT2D eigenvalue weighted by molar-refractivity contribution is -0.119. The number of hydrogen-bond donors (Lipinski definition) is 2. The average molecular weight is 506 g/mol. The number of ether oxygens (including phenoxy) is 2. The summed E-state index contributed by atoms with van der Waals surface area (Å²) in [6.07, 6.45) is 1.26. The van der Waals surface area contributed by atoms with Gasteiger partial charge in [-0.05, 0) is 49.2 Å². The molecule has 2 aromatic carbocycles. The van der Waals surface area contributed by atoms with Gasteiger partial charge in [0.2, 0.25) is 17.8 Å². The first-order valence-corrected chi connectivity index (χ1v) is 11.6. The predicted octanol–water partition coefficient (Wildman–Crippen LogP) is 4.88. The van der Waals surface area contributed by atoms with E-state index >= 15 is 0 Å². The van der Waals surface area contributed by atoms with Gasteiger partial charge < -0.3 is 19.7 Å². The van der Waals surface area contributed by atoms with Crippen molar-refractivity contribution in [2.75, 3.05) is 24.0 Å². The molecule has 1 saturated heterocycles. The van der Waals surface area contributed by atoms with Gasteiger partial charge in [-0.1, -0.05) is 34.5 Å². The van der Waals surface area contributed by atoms with Gasteiger partial charge in [0.15, 0.2) is 11.5 Å². The molecule has 9 nitrogen and oxygen atoms in total. The highest BCUT2D eigenvalue weighted by atomic mass is 35.5. The van der Waals surface area contributed by atoms with Crippen molar-refractivity contribution in [2.45, 2.75) is 18.9 Å². The zero-order valence-electron chi connectivity index (χ0n) is 17.0. The SMILES string of the molecule is O=C(Nc1nnc(-c2ccc3c(c2)OCO3)s1)C1CCCN1C(=O)Nc1ccc(Cl)c(Cl)c1. The van der Waals surface area contributed by atoms with Gasteiger partial charge in [0.05, 0.1) is 10.0 Å². The number of halogens is 2. The third-order valence-corrected chi connectivity index (χ3v) is 6.89. The van der Waals surface area contributed by atoms with E-state index in [1.165, 1.54) is 16.2 Å². The van der Waals surface area contributed by atoms with Crippen molar-refractivity contribution in [3.05, 3.63) is 46.4 Å². The van der Waals surface area contributed by atoms with E-state index in [2.05, 4.69) is 20.8 Å². The monoisotopic (exact) mass is 505 g/mol. The molecule has 2 aliphatic heterocycles. The predicted molar refractivity (Wildman–Crippen MR) is 125 cm³/mol. The molecule has 0 aliphatic carbocycles. The Balaban J connectivity index is 1.24. The maximum atomic E-state index is 12.9. The molecule has 33 heavy (non-hydrogen) atoms. The fourth-order valence-electron chi connectivity index (χ4n) is 3.66. The van der Waals surface area contributed by atoms with E-state index in [-0.39, 0.29) is 18.7 Å². The second kappa shape index (κ2) is 9.05.